The molecule has 0 aromatic heterocycles. The zero-order chi connectivity index (χ0) is 33.6. The van der Waals surface area contributed by atoms with Crippen molar-refractivity contribution in [3.63, 3.8) is 0 Å². The van der Waals surface area contributed by atoms with Gasteiger partial charge >= 0.3 is 0 Å². The molecule has 3 N–H and O–H groups in total. The minimum atomic E-state index is -0.287. The van der Waals surface area contributed by atoms with E-state index in [4.69, 9.17) is 0 Å². The molecule has 1 aliphatic heterocycles. The summed E-state index contributed by atoms with van der Waals surface area (Å²) in [6.45, 7) is 6.68. The molecule has 2 aliphatic rings. The Labute approximate surface area is 287 Å². The summed E-state index contributed by atoms with van der Waals surface area (Å²) in [7, 11) is 0. The van der Waals surface area contributed by atoms with Gasteiger partial charge in [0.05, 0.1) is 6.04 Å². The number of hydrogen-bond acceptors (Lipinski definition) is 4. The molecule has 6 rings (SSSR count). The second-order valence-corrected chi connectivity index (χ2v) is 13.1. The van der Waals surface area contributed by atoms with Crippen molar-refractivity contribution in [3.05, 3.63) is 120 Å². The maximum atomic E-state index is 14.2. The summed E-state index contributed by atoms with van der Waals surface area (Å²) >= 11 is 0. The maximum Gasteiger partial charge on any atom is 0.251 e. The Bertz CT molecular complexity index is 1510. The standard InChI is InChI=1S/C40H48N4O2.C2H6/c45-39(34-23-22-30-13-10-11-18-33(30)27-34)42-28-36-24-26-44(29-37(31-14-4-1-5-15-31)32-16-6-2-7-17-32)40(46)38(43-36)21-12-25-41-35-19-8-3-9-20-35;1-2/h1-2,4-7,10-11,13-18,22-23,27,35-38,41,43H,3,8-9,12,19-21,24-26,28-29H2,(H,42,45);1-2H3. The predicted octanol–water partition coefficient (Wildman–Crippen LogP) is 7.69. The highest BCUT2D eigenvalue weighted by atomic mass is 16.2. The molecule has 1 aliphatic carbocycles. The molecule has 4 aromatic carbocycles. The van der Waals surface area contributed by atoms with Crippen LogP contribution in [0.25, 0.3) is 10.8 Å². The average Bonchev–Trinajstić information content (AvgIpc) is 3.30. The van der Waals surface area contributed by atoms with Crippen molar-refractivity contribution < 1.29 is 9.59 Å². The van der Waals surface area contributed by atoms with Gasteiger partial charge in [-0.05, 0) is 72.7 Å². The molecular formula is C42H54N4O2. The minimum Gasteiger partial charge on any atom is -0.350 e. The van der Waals surface area contributed by atoms with Gasteiger partial charge in [-0.25, -0.2) is 0 Å². The SMILES string of the molecule is CC.O=C(NCC1CCN(CC(c2ccccc2)c2ccccc2)C(=O)C(CCCNC2CCCCC2)N1)c1ccc2ccccc2c1. The number of carbonyl (C=O) groups excluding carboxylic acids is 2. The fourth-order valence-electron chi connectivity index (χ4n) is 7.19. The molecule has 254 valence electrons. The zero-order valence-corrected chi connectivity index (χ0v) is 28.9. The fourth-order valence-corrected chi connectivity index (χ4v) is 7.19. The number of amides is 2. The van der Waals surface area contributed by atoms with Gasteiger partial charge in [-0.1, -0.05) is 124 Å². The van der Waals surface area contributed by atoms with Gasteiger partial charge in [0.15, 0.2) is 0 Å². The van der Waals surface area contributed by atoms with Gasteiger partial charge in [-0.3, -0.25) is 9.59 Å². The summed E-state index contributed by atoms with van der Waals surface area (Å²) in [6, 6.07) is 35.3. The first-order valence-corrected chi connectivity index (χ1v) is 18.3. The molecule has 6 nitrogen and oxygen atoms in total. The van der Waals surface area contributed by atoms with Crippen molar-refractivity contribution in [2.75, 3.05) is 26.2 Å². The normalized spacial score (nSPS) is 18.6. The van der Waals surface area contributed by atoms with Crippen LogP contribution in [0.2, 0.25) is 0 Å². The second kappa shape index (κ2) is 18.5. The lowest BCUT2D eigenvalue weighted by Crippen LogP contribution is -2.49. The Morgan fingerprint density at radius 2 is 1.46 bits per heavy atom. The Kier molecular flexibility index (Phi) is 13.6. The Morgan fingerprint density at radius 3 is 2.15 bits per heavy atom. The van der Waals surface area contributed by atoms with E-state index in [1.165, 1.54) is 43.2 Å². The van der Waals surface area contributed by atoms with Gasteiger partial charge in [-0.15, -0.1) is 0 Å². The Morgan fingerprint density at radius 1 is 0.812 bits per heavy atom. The average molecular weight is 647 g/mol. The molecule has 1 heterocycles. The summed E-state index contributed by atoms with van der Waals surface area (Å²) in [5.41, 5.74) is 3.08. The molecule has 0 bridgehead atoms. The number of rotatable bonds is 12. The highest BCUT2D eigenvalue weighted by Crippen LogP contribution is 2.27. The Balaban J connectivity index is 0.00000221. The molecule has 48 heavy (non-hydrogen) atoms. The van der Waals surface area contributed by atoms with E-state index >= 15 is 0 Å². The molecule has 4 aromatic rings. The van der Waals surface area contributed by atoms with E-state index in [2.05, 4.69) is 75.4 Å². The van der Waals surface area contributed by atoms with Crippen LogP contribution in [0.15, 0.2) is 103 Å². The summed E-state index contributed by atoms with van der Waals surface area (Å²) in [6.07, 6.45) is 8.96. The molecule has 0 spiro atoms. The molecule has 0 radical (unpaired) electrons. The van der Waals surface area contributed by atoms with Crippen LogP contribution >= 0.6 is 0 Å². The smallest absolute Gasteiger partial charge is 0.251 e. The van der Waals surface area contributed by atoms with E-state index in [-0.39, 0.29) is 29.8 Å². The summed E-state index contributed by atoms with van der Waals surface area (Å²) in [5.74, 6) is 0.170. The monoisotopic (exact) mass is 646 g/mol. The van der Waals surface area contributed by atoms with Gasteiger partial charge in [0.1, 0.15) is 0 Å². The van der Waals surface area contributed by atoms with Crippen LogP contribution in [0, 0.1) is 0 Å². The molecule has 6 heteroatoms. The van der Waals surface area contributed by atoms with E-state index in [0.29, 0.717) is 31.2 Å². The van der Waals surface area contributed by atoms with Gasteiger partial charge < -0.3 is 20.9 Å². The minimum absolute atomic E-state index is 0.00145. The molecule has 2 fully saturated rings. The number of hydrogen-bond donors (Lipinski definition) is 3. The number of nitrogens with zero attached hydrogens (tertiary/aromatic N) is 1. The summed E-state index contributed by atoms with van der Waals surface area (Å²) in [5, 5.41) is 12.8. The van der Waals surface area contributed by atoms with Crippen molar-refractivity contribution in [3.8, 4) is 0 Å². The van der Waals surface area contributed by atoms with Crippen LogP contribution < -0.4 is 16.0 Å². The van der Waals surface area contributed by atoms with Crippen LogP contribution in [-0.2, 0) is 4.79 Å². The van der Waals surface area contributed by atoms with E-state index in [1.807, 2.05) is 62.4 Å². The van der Waals surface area contributed by atoms with Crippen molar-refractivity contribution >= 4 is 22.6 Å². The lowest BCUT2D eigenvalue weighted by molar-refractivity contribution is -0.133. The van der Waals surface area contributed by atoms with Crippen LogP contribution in [0.5, 0.6) is 0 Å². The lowest BCUT2D eigenvalue weighted by atomic mass is 9.90. The van der Waals surface area contributed by atoms with E-state index < -0.39 is 0 Å². The molecule has 2 unspecified atom stereocenters. The molecular weight excluding hydrogens is 592 g/mol. The molecule has 2 amide bonds. The van der Waals surface area contributed by atoms with Crippen molar-refractivity contribution in [2.45, 2.75) is 89.3 Å². The number of benzene rings is 4. The van der Waals surface area contributed by atoms with Crippen molar-refractivity contribution in [1.82, 2.24) is 20.9 Å². The third kappa shape index (κ3) is 9.77. The first-order chi connectivity index (χ1) is 23.6. The molecule has 1 saturated heterocycles. The van der Waals surface area contributed by atoms with Gasteiger partial charge in [0.25, 0.3) is 5.91 Å². The fraction of sp³-hybridized carbons (Fsp3) is 0.429. The molecule has 1 saturated carbocycles. The topological polar surface area (TPSA) is 73.5 Å². The van der Waals surface area contributed by atoms with E-state index in [0.717, 1.165) is 36.6 Å². The van der Waals surface area contributed by atoms with Crippen molar-refractivity contribution in [2.24, 2.45) is 0 Å². The van der Waals surface area contributed by atoms with Gasteiger partial charge in [0.2, 0.25) is 5.91 Å². The first kappa shape index (κ1) is 35.3. The zero-order valence-electron chi connectivity index (χ0n) is 28.9. The van der Waals surface area contributed by atoms with Crippen molar-refractivity contribution in [1.29, 1.82) is 0 Å². The van der Waals surface area contributed by atoms with Gasteiger partial charge in [0, 0.05) is 43.2 Å². The highest BCUT2D eigenvalue weighted by molar-refractivity contribution is 5.98. The predicted molar refractivity (Wildman–Crippen MR) is 198 cm³/mol. The highest BCUT2D eigenvalue weighted by Gasteiger charge is 2.32. The number of carbonyl (C=O) groups is 2. The third-order valence-electron chi connectivity index (χ3n) is 9.83. The quantitative estimate of drug-likeness (QED) is 0.138. The number of nitrogens with one attached hydrogen (secondary N) is 3. The summed E-state index contributed by atoms with van der Waals surface area (Å²) < 4.78 is 0. The summed E-state index contributed by atoms with van der Waals surface area (Å²) in [4.78, 5) is 29.5. The van der Waals surface area contributed by atoms with Crippen LogP contribution in [0.3, 0.4) is 0 Å². The lowest BCUT2D eigenvalue weighted by Gasteiger charge is -2.29. The van der Waals surface area contributed by atoms with Crippen LogP contribution in [0.1, 0.15) is 92.6 Å². The number of fused-ring (bicyclic) bond motifs is 1. The first-order valence-electron chi connectivity index (χ1n) is 18.3. The van der Waals surface area contributed by atoms with E-state index in [1.54, 1.807) is 0 Å². The largest absolute Gasteiger partial charge is 0.350 e. The Hall–Kier alpha value is -4.00. The van der Waals surface area contributed by atoms with E-state index in [9.17, 15) is 9.59 Å². The van der Waals surface area contributed by atoms with Crippen LogP contribution in [-0.4, -0.2) is 61.0 Å². The second-order valence-electron chi connectivity index (χ2n) is 13.1. The third-order valence-corrected chi connectivity index (χ3v) is 9.83. The van der Waals surface area contributed by atoms with Crippen LogP contribution in [0.4, 0.5) is 0 Å². The van der Waals surface area contributed by atoms with Gasteiger partial charge in [-0.2, -0.15) is 0 Å². The maximum absolute atomic E-state index is 14.2. The molecule has 2 atom stereocenters.